The highest BCUT2D eigenvalue weighted by Crippen LogP contribution is 2.29. The van der Waals surface area contributed by atoms with Crippen LogP contribution in [0.2, 0.25) is 0 Å². The first-order chi connectivity index (χ1) is 14.9. The van der Waals surface area contributed by atoms with Gasteiger partial charge < -0.3 is 16.9 Å². The largest absolute Gasteiger partial charge is 0.417 e. The number of rotatable bonds is 8. The van der Waals surface area contributed by atoms with E-state index in [4.69, 9.17) is 11.6 Å². The smallest absolute Gasteiger partial charge is 0.365 e. The van der Waals surface area contributed by atoms with Gasteiger partial charge in [0.05, 0.1) is 16.9 Å². The van der Waals surface area contributed by atoms with E-state index in [0.29, 0.717) is 17.4 Å². The summed E-state index contributed by atoms with van der Waals surface area (Å²) in [4.78, 5) is 15.8. The molecular weight excluding hydrogens is 449 g/mol. The van der Waals surface area contributed by atoms with Crippen LogP contribution in [0.25, 0.3) is 0 Å². The molecule has 0 aliphatic carbocycles. The second-order valence-corrected chi connectivity index (χ2v) is 8.49. The number of hydrogen-bond acceptors (Lipinski definition) is 7. The molecule has 9 nitrogen and oxygen atoms in total. The van der Waals surface area contributed by atoms with Crippen molar-refractivity contribution in [1.82, 2.24) is 4.98 Å². The van der Waals surface area contributed by atoms with Gasteiger partial charge in [0.15, 0.2) is 0 Å². The van der Waals surface area contributed by atoms with E-state index in [-0.39, 0.29) is 28.6 Å². The summed E-state index contributed by atoms with van der Waals surface area (Å²) in [6, 6.07) is 7.79. The molecule has 0 saturated heterocycles. The molecule has 172 valence electrons. The van der Waals surface area contributed by atoms with Crippen LogP contribution < -0.4 is 21.6 Å². The zero-order valence-electron chi connectivity index (χ0n) is 17.1. The van der Waals surface area contributed by atoms with E-state index < -0.39 is 27.7 Å². The molecule has 0 radical (unpaired) electrons. The molecule has 0 spiro atoms. The minimum Gasteiger partial charge on any atom is -0.365 e. The molecular formula is C19H21F3N6O3S. The maximum Gasteiger partial charge on any atom is 0.417 e. The fourth-order valence-corrected chi connectivity index (χ4v) is 3.24. The molecule has 1 aromatic heterocycles. The van der Waals surface area contributed by atoms with E-state index in [9.17, 15) is 26.4 Å². The summed E-state index contributed by atoms with van der Waals surface area (Å²) in [5.41, 5.74) is 5.20. The number of hydrazone groups is 1. The number of anilines is 2. The fraction of sp³-hybridized carbons (Fsp3) is 0.211. The van der Waals surface area contributed by atoms with Crippen molar-refractivity contribution in [3.05, 3.63) is 65.0 Å². The number of pyridine rings is 1. The number of sulfonamides is 1. The van der Waals surface area contributed by atoms with Crippen LogP contribution in [0.5, 0.6) is 0 Å². The number of benzene rings is 1. The number of allylic oxidation sites excluding steroid dienone is 1. The molecule has 0 fully saturated rings. The Hall–Kier alpha value is -3.61. The van der Waals surface area contributed by atoms with Crippen molar-refractivity contribution in [2.45, 2.75) is 20.0 Å². The molecule has 0 unspecified atom stereocenters. The van der Waals surface area contributed by atoms with Crippen molar-refractivity contribution in [2.75, 3.05) is 15.8 Å². The van der Waals surface area contributed by atoms with Gasteiger partial charge in [-0.1, -0.05) is 12.1 Å². The molecule has 2 aromatic rings. The van der Waals surface area contributed by atoms with Crippen LogP contribution in [0.15, 0.2) is 59.0 Å². The summed E-state index contributed by atoms with van der Waals surface area (Å²) >= 11 is 0. The summed E-state index contributed by atoms with van der Waals surface area (Å²) in [7, 11) is -3.48. The molecule has 1 heterocycles. The topological polar surface area (TPSA) is 153 Å². The van der Waals surface area contributed by atoms with Crippen molar-refractivity contribution in [3.63, 3.8) is 0 Å². The zero-order chi connectivity index (χ0) is 24.1. The molecule has 6 N–H and O–H groups in total. The van der Waals surface area contributed by atoms with E-state index in [1.807, 2.05) is 0 Å². The third-order valence-electron chi connectivity index (χ3n) is 4.21. The molecule has 0 bridgehead atoms. The van der Waals surface area contributed by atoms with E-state index in [0.717, 1.165) is 12.1 Å². The number of nitrogens with zero attached hydrogens (tertiary/aromatic N) is 2. The molecule has 32 heavy (non-hydrogen) atoms. The maximum atomic E-state index is 12.7. The number of hydrogen-bond donors (Lipinski definition) is 4. The Morgan fingerprint density at radius 3 is 2.22 bits per heavy atom. The summed E-state index contributed by atoms with van der Waals surface area (Å²) in [6.07, 6.45) is -3.89. The maximum absolute atomic E-state index is 12.7. The molecule has 0 aliphatic heterocycles. The lowest BCUT2D eigenvalue weighted by Gasteiger charge is -2.14. The number of aromatic nitrogens is 1. The second kappa shape index (κ2) is 9.68. The summed E-state index contributed by atoms with van der Waals surface area (Å²) < 4.78 is 63.8. The van der Waals surface area contributed by atoms with Crippen LogP contribution in [0.1, 0.15) is 25.0 Å². The normalized spacial score (nSPS) is 13.3. The van der Waals surface area contributed by atoms with Crippen molar-refractivity contribution in [2.24, 2.45) is 16.7 Å². The first-order valence-electron chi connectivity index (χ1n) is 9.08. The van der Waals surface area contributed by atoms with Gasteiger partial charge in [0, 0.05) is 23.1 Å². The highest BCUT2D eigenvalue weighted by molar-refractivity contribution is 7.92. The van der Waals surface area contributed by atoms with Crippen LogP contribution in [-0.4, -0.2) is 30.8 Å². The first-order valence-corrected chi connectivity index (χ1v) is 10.7. The van der Waals surface area contributed by atoms with Crippen LogP contribution in [-0.2, 0) is 21.0 Å². The van der Waals surface area contributed by atoms with Crippen molar-refractivity contribution >= 4 is 33.1 Å². The lowest BCUT2D eigenvalue weighted by Crippen LogP contribution is -2.26. The Morgan fingerprint density at radius 1 is 1.16 bits per heavy atom. The monoisotopic (exact) mass is 470 g/mol. The molecule has 1 amide bonds. The molecule has 1 aromatic carbocycles. The minimum absolute atomic E-state index is 0.0145. The van der Waals surface area contributed by atoms with Crippen LogP contribution in [0, 0.1) is 0 Å². The van der Waals surface area contributed by atoms with E-state index >= 15 is 0 Å². The number of nitrogens with two attached hydrogens (primary N) is 2. The lowest BCUT2D eigenvalue weighted by atomic mass is 10.00. The van der Waals surface area contributed by atoms with Gasteiger partial charge in [-0.25, -0.2) is 13.4 Å². The van der Waals surface area contributed by atoms with Gasteiger partial charge in [0.25, 0.3) is 5.91 Å². The highest BCUT2D eigenvalue weighted by atomic mass is 32.2. The Bertz CT molecular complexity index is 1140. The van der Waals surface area contributed by atoms with Gasteiger partial charge in [-0.3, -0.25) is 9.52 Å². The Labute approximate surface area is 182 Å². The molecule has 0 atom stereocenters. The number of carbonyl (C=O) groups is 1. The minimum atomic E-state index is -4.54. The van der Waals surface area contributed by atoms with Crippen molar-refractivity contribution in [3.8, 4) is 0 Å². The average Bonchev–Trinajstić information content (AvgIpc) is 2.71. The Kier molecular flexibility index (Phi) is 7.46. The average molecular weight is 470 g/mol. The lowest BCUT2D eigenvalue weighted by molar-refractivity contribution is -0.137. The van der Waals surface area contributed by atoms with Gasteiger partial charge in [0.2, 0.25) is 10.0 Å². The van der Waals surface area contributed by atoms with Crippen molar-refractivity contribution < 1.29 is 26.4 Å². The number of halogens is 3. The quantitative estimate of drug-likeness (QED) is 0.201. The van der Waals surface area contributed by atoms with Gasteiger partial charge in [-0.05, 0) is 38.1 Å². The number of nitrogens with one attached hydrogen (secondary N) is 2. The Balaban J connectivity index is 2.36. The van der Waals surface area contributed by atoms with Gasteiger partial charge in [-0.2, -0.15) is 18.3 Å². The van der Waals surface area contributed by atoms with E-state index in [1.54, 1.807) is 0 Å². The standard InChI is InChI=1S/C19H21F3N6O3S/c1-3-32(30,31)28-14-7-4-12(5-8-14)17(27-24)16(18(23)29)11(2)26-15-9-6-13(10-25-15)19(20,21)22/h4-10,28H,3,24H2,1-2H3,(H2,23,29)(H,25,26)/b16-11-,27-17-. The summed E-state index contributed by atoms with van der Waals surface area (Å²) in [5, 5.41) is 6.33. The van der Waals surface area contributed by atoms with Crippen molar-refractivity contribution in [1.29, 1.82) is 0 Å². The number of primary amides is 1. The third kappa shape index (κ3) is 6.20. The number of alkyl halides is 3. The predicted molar refractivity (Wildman–Crippen MR) is 115 cm³/mol. The summed E-state index contributed by atoms with van der Waals surface area (Å²) in [6.45, 7) is 2.94. The van der Waals surface area contributed by atoms with Crippen LogP contribution in [0.4, 0.5) is 24.7 Å². The predicted octanol–water partition coefficient (Wildman–Crippen LogP) is 2.40. The number of amides is 1. The van der Waals surface area contributed by atoms with Crippen LogP contribution in [0.3, 0.4) is 0 Å². The fourth-order valence-electron chi connectivity index (χ4n) is 2.60. The zero-order valence-corrected chi connectivity index (χ0v) is 17.9. The first kappa shape index (κ1) is 24.7. The SMILES string of the molecule is CCS(=O)(=O)Nc1ccc(C(=N/N)/C(C(N)=O)=C(\C)Nc2ccc(C(F)(F)F)cn2)cc1. The highest BCUT2D eigenvalue weighted by Gasteiger charge is 2.30. The molecule has 0 saturated carbocycles. The molecule has 2 rings (SSSR count). The van der Waals surface area contributed by atoms with Gasteiger partial charge >= 0.3 is 6.18 Å². The molecule has 0 aliphatic rings. The van der Waals surface area contributed by atoms with E-state index in [1.165, 1.54) is 38.1 Å². The van der Waals surface area contributed by atoms with Gasteiger partial charge in [0.1, 0.15) is 11.5 Å². The Morgan fingerprint density at radius 2 is 1.78 bits per heavy atom. The van der Waals surface area contributed by atoms with Crippen LogP contribution >= 0.6 is 0 Å². The van der Waals surface area contributed by atoms with E-state index in [2.05, 4.69) is 20.1 Å². The second-order valence-electron chi connectivity index (χ2n) is 6.48. The van der Waals surface area contributed by atoms with Gasteiger partial charge in [-0.15, -0.1) is 0 Å². The molecule has 13 heteroatoms. The summed E-state index contributed by atoms with van der Waals surface area (Å²) in [5.74, 6) is 4.50. The number of carbonyl (C=O) groups excluding carboxylic acids is 1. The third-order valence-corrected chi connectivity index (χ3v) is 5.51.